The van der Waals surface area contributed by atoms with Gasteiger partial charge in [-0.05, 0) is 24.6 Å². The lowest BCUT2D eigenvalue weighted by molar-refractivity contribution is 0.101. The topological polar surface area (TPSA) is 17.1 Å². The van der Waals surface area contributed by atoms with Crippen LogP contribution in [0.25, 0.3) is 11.1 Å². The number of carbonyl (C=O) groups excluding carboxylic acids is 1. The number of hydrogen-bond acceptors (Lipinski definition) is 1. The van der Waals surface area contributed by atoms with E-state index in [0.29, 0.717) is 15.6 Å². The molecule has 0 unspecified atom stereocenters. The van der Waals surface area contributed by atoms with E-state index in [0.717, 1.165) is 11.1 Å². The highest BCUT2D eigenvalue weighted by molar-refractivity contribution is 6.39. The van der Waals surface area contributed by atoms with E-state index in [2.05, 4.69) is 0 Å². The molecule has 1 nitrogen and oxygen atoms in total. The molecule has 2 aromatic carbocycles. The van der Waals surface area contributed by atoms with Gasteiger partial charge < -0.3 is 0 Å². The predicted molar refractivity (Wildman–Crippen MR) is 71.9 cm³/mol. The fourth-order valence-electron chi connectivity index (χ4n) is 1.65. The minimum absolute atomic E-state index is 0.0433. The highest BCUT2D eigenvalue weighted by atomic mass is 35.5. The monoisotopic (exact) mass is 264 g/mol. The summed E-state index contributed by atoms with van der Waals surface area (Å²) in [5.74, 6) is 0.0433. The normalized spacial score (nSPS) is 10.3. The molecule has 2 aromatic rings. The number of hydrogen-bond donors (Lipinski definition) is 0. The summed E-state index contributed by atoms with van der Waals surface area (Å²) in [5, 5.41) is 1.21. The minimum atomic E-state index is 0.0433. The summed E-state index contributed by atoms with van der Waals surface area (Å²) in [6.45, 7) is 1.54. The fourth-order valence-corrected chi connectivity index (χ4v) is 2.26. The molecule has 0 amide bonds. The third-order valence-electron chi connectivity index (χ3n) is 2.54. The Labute approximate surface area is 110 Å². The number of halogens is 2. The fraction of sp³-hybridized carbons (Fsp3) is 0.0714. The first-order valence-corrected chi connectivity index (χ1v) is 5.90. The average molecular weight is 265 g/mol. The lowest BCUT2D eigenvalue weighted by atomic mass is 10.0. The van der Waals surface area contributed by atoms with Gasteiger partial charge in [0, 0.05) is 21.2 Å². The molecule has 0 aliphatic heterocycles. The van der Waals surface area contributed by atoms with Crippen LogP contribution in [0.5, 0.6) is 0 Å². The second-order valence-electron chi connectivity index (χ2n) is 3.73. The van der Waals surface area contributed by atoms with Gasteiger partial charge in [0.1, 0.15) is 0 Å². The van der Waals surface area contributed by atoms with Crippen molar-refractivity contribution < 1.29 is 4.79 Å². The van der Waals surface area contributed by atoms with Crippen LogP contribution in [0.2, 0.25) is 10.0 Å². The zero-order valence-corrected chi connectivity index (χ0v) is 10.7. The number of Topliss-reactive ketones (excluding diaryl/α,β-unsaturated/α-hetero) is 1. The summed E-state index contributed by atoms with van der Waals surface area (Å²) in [5.41, 5.74) is 2.38. The first-order chi connectivity index (χ1) is 8.09. The van der Waals surface area contributed by atoms with Gasteiger partial charge in [0.15, 0.2) is 5.78 Å². The maximum atomic E-state index is 11.2. The van der Waals surface area contributed by atoms with Crippen LogP contribution in [-0.2, 0) is 0 Å². The van der Waals surface area contributed by atoms with Crippen LogP contribution in [0.1, 0.15) is 17.3 Å². The number of benzene rings is 2. The Morgan fingerprint density at radius 3 is 1.94 bits per heavy atom. The van der Waals surface area contributed by atoms with Gasteiger partial charge in [-0.1, -0.05) is 53.5 Å². The molecule has 17 heavy (non-hydrogen) atoms. The maximum Gasteiger partial charge on any atom is 0.159 e. The molecular weight excluding hydrogens is 255 g/mol. The molecule has 0 spiro atoms. The zero-order chi connectivity index (χ0) is 12.4. The Morgan fingerprint density at radius 2 is 1.47 bits per heavy atom. The predicted octanol–water partition coefficient (Wildman–Crippen LogP) is 4.86. The van der Waals surface area contributed by atoms with E-state index in [4.69, 9.17) is 23.2 Å². The van der Waals surface area contributed by atoms with E-state index in [9.17, 15) is 4.79 Å². The number of carbonyl (C=O) groups is 1. The van der Waals surface area contributed by atoms with E-state index >= 15 is 0 Å². The Kier molecular flexibility index (Phi) is 3.51. The molecule has 0 heterocycles. The van der Waals surface area contributed by atoms with Crippen molar-refractivity contribution in [2.24, 2.45) is 0 Å². The van der Waals surface area contributed by atoms with Gasteiger partial charge in [0.2, 0.25) is 0 Å². The largest absolute Gasteiger partial charge is 0.295 e. The smallest absolute Gasteiger partial charge is 0.159 e. The van der Waals surface area contributed by atoms with Crippen LogP contribution in [0, 0.1) is 0 Å². The van der Waals surface area contributed by atoms with Crippen LogP contribution in [0.4, 0.5) is 0 Å². The van der Waals surface area contributed by atoms with Crippen molar-refractivity contribution in [1.82, 2.24) is 0 Å². The molecular formula is C14H10Cl2O. The summed E-state index contributed by atoms with van der Waals surface area (Å²) in [6.07, 6.45) is 0. The van der Waals surface area contributed by atoms with Crippen LogP contribution in [-0.4, -0.2) is 5.78 Å². The van der Waals surface area contributed by atoms with Gasteiger partial charge in [-0.25, -0.2) is 0 Å². The van der Waals surface area contributed by atoms with Crippen molar-refractivity contribution in [3.05, 3.63) is 58.1 Å². The molecule has 86 valence electrons. The second kappa shape index (κ2) is 4.91. The lowest BCUT2D eigenvalue weighted by Gasteiger charge is -2.07. The van der Waals surface area contributed by atoms with E-state index in [1.807, 2.05) is 12.1 Å². The Balaban J connectivity index is 2.50. The van der Waals surface area contributed by atoms with Gasteiger partial charge in [-0.3, -0.25) is 4.79 Å². The van der Waals surface area contributed by atoms with E-state index < -0.39 is 0 Å². The third-order valence-corrected chi connectivity index (χ3v) is 3.17. The Hall–Kier alpha value is -1.31. The van der Waals surface area contributed by atoms with Gasteiger partial charge in [0.05, 0.1) is 0 Å². The van der Waals surface area contributed by atoms with Gasteiger partial charge >= 0.3 is 0 Å². The standard InChI is InChI=1S/C14H10Cl2O/c1-9(17)10-5-7-11(8-6-10)14-12(15)3-2-4-13(14)16/h2-8H,1H3. The second-order valence-corrected chi connectivity index (χ2v) is 4.54. The third kappa shape index (κ3) is 2.51. The molecule has 2 rings (SSSR count). The molecule has 3 heteroatoms. The maximum absolute atomic E-state index is 11.2. The summed E-state index contributed by atoms with van der Waals surface area (Å²) in [4.78, 5) is 11.2. The van der Waals surface area contributed by atoms with Gasteiger partial charge in [-0.15, -0.1) is 0 Å². The number of rotatable bonds is 2. The van der Waals surface area contributed by atoms with Crippen LogP contribution < -0.4 is 0 Å². The molecule has 0 aromatic heterocycles. The summed E-state index contributed by atoms with van der Waals surface area (Å²) < 4.78 is 0. The molecule has 0 saturated heterocycles. The molecule has 0 aliphatic rings. The Bertz CT molecular complexity index is 539. The molecule has 0 saturated carbocycles. The highest BCUT2D eigenvalue weighted by Crippen LogP contribution is 2.34. The van der Waals surface area contributed by atoms with E-state index in [1.54, 1.807) is 30.3 Å². The molecule has 0 radical (unpaired) electrons. The first-order valence-electron chi connectivity index (χ1n) is 5.15. The lowest BCUT2D eigenvalue weighted by Crippen LogP contribution is -1.91. The van der Waals surface area contributed by atoms with Crippen molar-refractivity contribution in [1.29, 1.82) is 0 Å². The SMILES string of the molecule is CC(=O)c1ccc(-c2c(Cl)cccc2Cl)cc1. The van der Waals surface area contributed by atoms with Crippen LogP contribution in [0.15, 0.2) is 42.5 Å². The van der Waals surface area contributed by atoms with Crippen molar-refractivity contribution in [3.8, 4) is 11.1 Å². The highest BCUT2D eigenvalue weighted by Gasteiger charge is 2.08. The molecule has 0 bridgehead atoms. The molecule has 0 fully saturated rings. The van der Waals surface area contributed by atoms with Gasteiger partial charge in [0.25, 0.3) is 0 Å². The molecule has 0 atom stereocenters. The zero-order valence-electron chi connectivity index (χ0n) is 9.21. The average Bonchev–Trinajstić information content (AvgIpc) is 2.29. The van der Waals surface area contributed by atoms with Gasteiger partial charge in [-0.2, -0.15) is 0 Å². The van der Waals surface area contributed by atoms with E-state index in [-0.39, 0.29) is 5.78 Å². The summed E-state index contributed by atoms with van der Waals surface area (Å²) in [6, 6.07) is 12.6. The first kappa shape index (κ1) is 12.2. The quantitative estimate of drug-likeness (QED) is 0.708. The van der Waals surface area contributed by atoms with Crippen molar-refractivity contribution in [2.75, 3.05) is 0 Å². The van der Waals surface area contributed by atoms with Crippen LogP contribution in [0.3, 0.4) is 0 Å². The van der Waals surface area contributed by atoms with Crippen molar-refractivity contribution in [2.45, 2.75) is 6.92 Å². The molecule has 0 aliphatic carbocycles. The molecule has 0 N–H and O–H groups in total. The minimum Gasteiger partial charge on any atom is -0.295 e. The number of ketones is 1. The van der Waals surface area contributed by atoms with Crippen molar-refractivity contribution >= 4 is 29.0 Å². The summed E-state index contributed by atoms with van der Waals surface area (Å²) in [7, 11) is 0. The Morgan fingerprint density at radius 1 is 0.941 bits per heavy atom. The van der Waals surface area contributed by atoms with Crippen LogP contribution >= 0.6 is 23.2 Å². The van der Waals surface area contributed by atoms with Crippen molar-refractivity contribution in [3.63, 3.8) is 0 Å². The summed E-state index contributed by atoms with van der Waals surface area (Å²) >= 11 is 12.2. The van der Waals surface area contributed by atoms with E-state index in [1.165, 1.54) is 6.92 Å².